The first-order chi connectivity index (χ1) is 6.72. The first-order valence-corrected chi connectivity index (χ1v) is 4.21. The molecule has 0 saturated carbocycles. The Balaban J connectivity index is 2.06. The molecule has 1 saturated heterocycles. The van der Waals surface area contributed by atoms with Crippen molar-refractivity contribution in [1.82, 2.24) is 0 Å². The fourth-order valence-corrected chi connectivity index (χ4v) is 1.31. The fourth-order valence-electron chi connectivity index (χ4n) is 1.31. The van der Waals surface area contributed by atoms with Crippen molar-refractivity contribution < 1.29 is 18.7 Å². The average molecular weight is 196 g/mol. The van der Waals surface area contributed by atoms with Crippen molar-refractivity contribution in [3.63, 3.8) is 0 Å². The number of halogens is 1. The van der Waals surface area contributed by atoms with E-state index in [4.69, 9.17) is 4.74 Å². The number of methoxy groups -OCH3 is 1. The molecular formula is C10H9FO3. The second-order valence-electron chi connectivity index (χ2n) is 3.05. The molecule has 1 aliphatic rings. The molecule has 1 aromatic rings. The molecule has 0 aromatic heterocycles. The molecule has 4 heteroatoms. The van der Waals surface area contributed by atoms with Gasteiger partial charge in [-0.25, -0.2) is 9.18 Å². The summed E-state index contributed by atoms with van der Waals surface area (Å²) < 4.78 is 22.2. The molecule has 0 aliphatic carbocycles. The van der Waals surface area contributed by atoms with Gasteiger partial charge in [-0.15, -0.1) is 0 Å². The molecule has 1 aromatic carbocycles. The van der Waals surface area contributed by atoms with Crippen molar-refractivity contribution >= 4 is 5.97 Å². The van der Waals surface area contributed by atoms with E-state index in [1.807, 2.05) is 0 Å². The molecule has 0 amide bonds. The number of ether oxygens (including phenoxy) is 2. The fraction of sp³-hybridized carbons (Fsp3) is 0.300. The van der Waals surface area contributed by atoms with Gasteiger partial charge in [-0.1, -0.05) is 12.1 Å². The SMILES string of the molecule is COC(=O)[C@@H]1O[C@@H]1c1ccc(F)cc1. The number of epoxide rings is 1. The second-order valence-corrected chi connectivity index (χ2v) is 3.05. The second kappa shape index (κ2) is 3.38. The first-order valence-electron chi connectivity index (χ1n) is 4.21. The van der Waals surface area contributed by atoms with Crippen LogP contribution < -0.4 is 0 Å². The molecular weight excluding hydrogens is 187 g/mol. The van der Waals surface area contributed by atoms with Crippen molar-refractivity contribution in [3.05, 3.63) is 35.6 Å². The minimum Gasteiger partial charge on any atom is -0.467 e. The third-order valence-corrected chi connectivity index (χ3v) is 2.12. The van der Waals surface area contributed by atoms with Gasteiger partial charge in [0.15, 0.2) is 6.10 Å². The lowest BCUT2D eigenvalue weighted by Gasteiger charge is -1.95. The summed E-state index contributed by atoms with van der Waals surface area (Å²) in [6, 6.07) is 5.88. The third-order valence-electron chi connectivity index (χ3n) is 2.12. The molecule has 74 valence electrons. The molecule has 2 atom stereocenters. The number of benzene rings is 1. The van der Waals surface area contributed by atoms with Crippen LogP contribution in [-0.2, 0) is 14.3 Å². The highest BCUT2D eigenvalue weighted by Gasteiger charge is 2.47. The normalized spacial score (nSPS) is 24.4. The lowest BCUT2D eigenvalue weighted by Crippen LogP contribution is -2.09. The van der Waals surface area contributed by atoms with Crippen molar-refractivity contribution in [2.75, 3.05) is 7.11 Å². The zero-order chi connectivity index (χ0) is 10.1. The number of hydrogen-bond donors (Lipinski definition) is 0. The number of rotatable bonds is 2. The van der Waals surface area contributed by atoms with Crippen LogP contribution >= 0.6 is 0 Å². The van der Waals surface area contributed by atoms with Crippen molar-refractivity contribution in [3.8, 4) is 0 Å². The molecule has 1 aliphatic heterocycles. The quantitative estimate of drug-likeness (QED) is 0.530. The van der Waals surface area contributed by atoms with Crippen LogP contribution in [0.25, 0.3) is 0 Å². The zero-order valence-electron chi connectivity index (χ0n) is 7.57. The molecule has 1 heterocycles. The summed E-state index contributed by atoms with van der Waals surface area (Å²) in [5, 5.41) is 0. The first kappa shape index (κ1) is 9.15. The smallest absolute Gasteiger partial charge is 0.338 e. The number of esters is 1. The Hall–Kier alpha value is -1.42. The Morgan fingerprint density at radius 2 is 2.07 bits per heavy atom. The summed E-state index contributed by atoms with van der Waals surface area (Å²) in [5.41, 5.74) is 0.793. The Morgan fingerprint density at radius 3 is 2.64 bits per heavy atom. The largest absolute Gasteiger partial charge is 0.467 e. The summed E-state index contributed by atoms with van der Waals surface area (Å²) in [4.78, 5) is 11.0. The van der Waals surface area contributed by atoms with Crippen LogP contribution in [0.15, 0.2) is 24.3 Å². The van der Waals surface area contributed by atoms with Gasteiger partial charge >= 0.3 is 5.97 Å². The van der Waals surface area contributed by atoms with E-state index in [-0.39, 0.29) is 17.9 Å². The van der Waals surface area contributed by atoms with E-state index in [2.05, 4.69) is 4.74 Å². The number of hydrogen-bond acceptors (Lipinski definition) is 3. The maximum absolute atomic E-state index is 12.6. The van der Waals surface area contributed by atoms with E-state index in [1.54, 1.807) is 12.1 Å². The third kappa shape index (κ3) is 1.61. The molecule has 0 spiro atoms. The highest BCUT2D eigenvalue weighted by Crippen LogP contribution is 2.39. The van der Waals surface area contributed by atoms with Gasteiger partial charge in [0.2, 0.25) is 0 Å². The average Bonchev–Trinajstić information content (AvgIpc) is 2.98. The molecule has 0 N–H and O–H groups in total. The summed E-state index contributed by atoms with van der Waals surface area (Å²) in [6.45, 7) is 0. The van der Waals surface area contributed by atoms with Crippen LogP contribution in [0.1, 0.15) is 11.7 Å². The highest BCUT2D eigenvalue weighted by molar-refractivity contribution is 5.78. The van der Waals surface area contributed by atoms with Crippen LogP contribution in [0.2, 0.25) is 0 Å². The maximum Gasteiger partial charge on any atom is 0.338 e. The monoisotopic (exact) mass is 196 g/mol. The number of carbonyl (C=O) groups excluding carboxylic acids is 1. The standard InChI is InChI=1S/C10H9FO3/c1-13-10(12)9-8(14-9)6-2-4-7(11)5-3-6/h2-5,8-9H,1H3/t8-,9-/m1/s1. The van der Waals surface area contributed by atoms with Crippen LogP contribution in [0, 0.1) is 5.82 Å². The van der Waals surface area contributed by atoms with E-state index < -0.39 is 6.10 Å². The van der Waals surface area contributed by atoms with Gasteiger partial charge in [-0.2, -0.15) is 0 Å². The summed E-state index contributed by atoms with van der Waals surface area (Å²) >= 11 is 0. The molecule has 14 heavy (non-hydrogen) atoms. The number of carbonyl (C=O) groups is 1. The Morgan fingerprint density at radius 1 is 1.43 bits per heavy atom. The lowest BCUT2D eigenvalue weighted by atomic mass is 10.1. The summed E-state index contributed by atoms with van der Waals surface area (Å²) in [5.74, 6) is -0.691. The Kier molecular flexibility index (Phi) is 2.21. The van der Waals surface area contributed by atoms with Gasteiger partial charge < -0.3 is 9.47 Å². The topological polar surface area (TPSA) is 38.8 Å². The van der Waals surface area contributed by atoms with Crippen LogP contribution in [0.3, 0.4) is 0 Å². The molecule has 0 unspecified atom stereocenters. The van der Waals surface area contributed by atoms with Gasteiger partial charge in [0.05, 0.1) is 7.11 Å². The van der Waals surface area contributed by atoms with Crippen molar-refractivity contribution in [2.45, 2.75) is 12.2 Å². The predicted octanol–water partition coefficient (Wildman–Crippen LogP) is 1.44. The molecule has 1 fully saturated rings. The van der Waals surface area contributed by atoms with Gasteiger partial charge in [-0.3, -0.25) is 0 Å². The van der Waals surface area contributed by atoms with Crippen molar-refractivity contribution in [1.29, 1.82) is 0 Å². The molecule has 0 radical (unpaired) electrons. The van der Waals surface area contributed by atoms with Gasteiger partial charge in [0.1, 0.15) is 11.9 Å². The highest BCUT2D eigenvalue weighted by atomic mass is 19.1. The minimum atomic E-state index is -0.523. The van der Waals surface area contributed by atoms with Crippen LogP contribution in [0.4, 0.5) is 4.39 Å². The van der Waals surface area contributed by atoms with E-state index in [9.17, 15) is 9.18 Å². The van der Waals surface area contributed by atoms with Gasteiger partial charge in [0.25, 0.3) is 0 Å². The Bertz CT molecular complexity index is 347. The van der Waals surface area contributed by atoms with Gasteiger partial charge in [-0.05, 0) is 17.7 Å². The molecule has 0 bridgehead atoms. The lowest BCUT2D eigenvalue weighted by molar-refractivity contribution is -0.142. The van der Waals surface area contributed by atoms with Crippen LogP contribution in [-0.4, -0.2) is 19.2 Å². The predicted molar refractivity (Wildman–Crippen MR) is 46.0 cm³/mol. The summed E-state index contributed by atoms with van der Waals surface area (Å²) in [7, 11) is 1.31. The van der Waals surface area contributed by atoms with E-state index in [0.29, 0.717) is 0 Å². The van der Waals surface area contributed by atoms with Crippen molar-refractivity contribution in [2.24, 2.45) is 0 Å². The minimum absolute atomic E-state index is 0.275. The van der Waals surface area contributed by atoms with E-state index >= 15 is 0 Å². The van der Waals surface area contributed by atoms with Gasteiger partial charge in [0, 0.05) is 0 Å². The summed E-state index contributed by atoms with van der Waals surface area (Å²) in [6.07, 6.45) is -0.798. The maximum atomic E-state index is 12.6. The van der Waals surface area contributed by atoms with E-state index in [1.165, 1.54) is 19.2 Å². The molecule has 3 nitrogen and oxygen atoms in total. The Labute approximate surface area is 80.4 Å². The zero-order valence-corrected chi connectivity index (χ0v) is 7.57. The molecule has 2 rings (SSSR count). The van der Waals surface area contributed by atoms with E-state index in [0.717, 1.165) is 5.56 Å². The van der Waals surface area contributed by atoms with Crippen LogP contribution in [0.5, 0.6) is 0 Å².